The summed E-state index contributed by atoms with van der Waals surface area (Å²) in [4.78, 5) is 11.4. The number of benzene rings is 1. The first-order valence-electron chi connectivity index (χ1n) is 5.52. The van der Waals surface area contributed by atoms with Gasteiger partial charge in [0.1, 0.15) is 0 Å². The second-order valence-electron chi connectivity index (χ2n) is 3.54. The van der Waals surface area contributed by atoms with E-state index in [0.29, 0.717) is 5.57 Å². The molecular formula is C14H17NO. The molecule has 16 heavy (non-hydrogen) atoms. The van der Waals surface area contributed by atoms with Gasteiger partial charge in [0.05, 0.1) is 5.57 Å². The summed E-state index contributed by atoms with van der Waals surface area (Å²) >= 11 is 0. The van der Waals surface area contributed by atoms with E-state index in [1.807, 2.05) is 30.3 Å². The van der Waals surface area contributed by atoms with Gasteiger partial charge < -0.3 is 5.73 Å². The van der Waals surface area contributed by atoms with Crippen molar-refractivity contribution < 1.29 is 4.79 Å². The SMILES string of the molecule is CCC(=C=C(C(N)=O)c1ccccc1)CC. The Morgan fingerprint density at radius 2 is 1.75 bits per heavy atom. The molecule has 1 amide bonds. The number of amides is 1. The van der Waals surface area contributed by atoms with Crippen LogP contribution in [0.2, 0.25) is 0 Å². The molecule has 0 heterocycles. The molecule has 0 aliphatic carbocycles. The fraction of sp³-hybridized carbons (Fsp3) is 0.286. The lowest BCUT2D eigenvalue weighted by atomic mass is 10.0. The second kappa shape index (κ2) is 5.94. The van der Waals surface area contributed by atoms with Crippen LogP contribution in [-0.4, -0.2) is 5.91 Å². The molecule has 1 aromatic rings. The number of nitrogens with two attached hydrogens (primary N) is 1. The molecular weight excluding hydrogens is 198 g/mol. The number of hydrogen-bond acceptors (Lipinski definition) is 1. The highest BCUT2D eigenvalue weighted by Gasteiger charge is 2.06. The first-order chi connectivity index (χ1) is 7.69. The van der Waals surface area contributed by atoms with E-state index in [0.717, 1.165) is 24.0 Å². The van der Waals surface area contributed by atoms with Gasteiger partial charge in [0.25, 0.3) is 5.91 Å². The lowest BCUT2D eigenvalue weighted by Gasteiger charge is -2.01. The van der Waals surface area contributed by atoms with Gasteiger partial charge in [-0.3, -0.25) is 4.79 Å². The predicted octanol–water partition coefficient (Wildman–Crippen LogP) is 2.90. The van der Waals surface area contributed by atoms with E-state index in [1.54, 1.807) is 0 Å². The first-order valence-corrected chi connectivity index (χ1v) is 5.52. The van der Waals surface area contributed by atoms with Crippen LogP contribution in [0.3, 0.4) is 0 Å². The third-order valence-electron chi connectivity index (χ3n) is 2.46. The van der Waals surface area contributed by atoms with Gasteiger partial charge in [0, 0.05) is 0 Å². The average molecular weight is 215 g/mol. The maximum atomic E-state index is 11.4. The van der Waals surface area contributed by atoms with Gasteiger partial charge in [0.15, 0.2) is 0 Å². The second-order valence-corrected chi connectivity index (χ2v) is 3.54. The molecule has 1 rings (SSSR count). The first kappa shape index (κ1) is 12.3. The minimum Gasteiger partial charge on any atom is -0.365 e. The molecule has 1 aromatic carbocycles. The van der Waals surface area contributed by atoms with E-state index < -0.39 is 5.91 Å². The smallest absolute Gasteiger partial charge is 0.257 e. The topological polar surface area (TPSA) is 43.1 Å². The van der Waals surface area contributed by atoms with Gasteiger partial charge in [-0.05, 0) is 24.0 Å². The third-order valence-corrected chi connectivity index (χ3v) is 2.46. The summed E-state index contributed by atoms with van der Waals surface area (Å²) in [5.41, 5.74) is 10.9. The van der Waals surface area contributed by atoms with Crippen LogP contribution in [-0.2, 0) is 4.79 Å². The van der Waals surface area contributed by atoms with Crippen LogP contribution >= 0.6 is 0 Å². The Morgan fingerprint density at radius 3 is 2.19 bits per heavy atom. The molecule has 0 unspecified atom stereocenters. The number of primary amides is 1. The maximum absolute atomic E-state index is 11.4. The normalized spacial score (nSPS) is 9.38. The van der Waals surface area contributed by atoms with Crippen molar-refractivity contribution in [3.63, 3.8) is 0 Å². The number of hydrogen-bond donors (Lipinski definition) is 1. The van der Waals surface area contributed by atoms with E-state index in [9.17, 15) is 4.79 Å². The Bertz CT molecular complexity index is 419. The Morgan fingerprint density at radius 1 is 1.19 bits per heavy atom. The monoisotopic (exact) mass is 215 g/mol. The zero-order valence-electron chi connectivity index (χ0n) is 9.79. The average Bonchev–Trinajstić information content (AvgIpc) is 2.31. The van der Waals surface area contributed by atoms with E-state index in [1.165, 1.54) is 0 Å². The molecule has 0 aliphatic heterocycles. The third kappa shape index (κ3) is 3.11. The molecule has 0 fully saturated rings. The Labute approximate surface area is 96.5 Å². The van der Waals surface area contributed by atoms with Gasteiger partial charge in [-0.15, -0.1) is 5.73 Å². The van der Waals surface area contributed by atoms with E-state index in [-0.39, 0.29) is 0 Å². The van der Waals surface area contributed by atoms with Crippen molar-refractivity contribution in [1.29, 1.82) is 0 Å². The number of carbonyl (C=O) groups is 1. The molecule has 0 atom stereocenters. The van der Waals surface area contributed by atoms with Gasteiger partial charge >= 0.3 is 0 Å². The molecule has 0 bridgehead atoms. The fourth-order valence-corrected chi connectivity index (χ4v) is 1.48. The van der Waals surface area contributed by atoms with Crippen LogP contribution in [0.15, 0.2) is 41.6 Å². The maximum Gasteiger partial charge on any atom is 0.257 e. The molecule has 84 valence electrons. The van der Waals surface area contributed by atoms with Crippen molar-refractivity contribution in [3.05, 3.63) is 47.2 Å². The molecule has 0 spiro atoms. The molecule has 2 N–H and O–H groups in total. The lowest BCUT2D eigenvalue weighted by molar-refractivity contribution is -0.112. The van der Waals surface area contributed by atoms with Crippen molar-refractivity contribution in [1.82, 2.24) is 0 Å². The zero-order chi connectivity index (χ0) is 12.0. The molecule has 0 radical (unpaired) electrons. The highest BCUT2D eigenvalue weighted by atomic mass is 16.1. The van der Waals surface area contributed by atoms with Gasteiger partial charge in [-0.2, -0.15) is 0 Å². The molecule has 0 saturated heterocycles. The summed E-state index contributed by atoms with van der Waals surface area (Å²) in [6.07, 6.45) is 1.78. The fourth-order valence-electron chi connectivity index (χ4n) is 1.48. The van der Waals surface area contributed by atoms with Crippen LogP contribution < -0.4 is 5.73 Å². The van der Waals surface area contributed by atoms with Crippen molar-refractivity contribution in [2.24, 2.45) is 5.73 Å². The van der Waals surface area contributed by atoms with Crippen molar-refractivity contribution >= 4 is 11.5 Å². The predicted molar refractivity (Wildman–Crippen MR) is 66.7 cm³/mol. The zero-order valence-corrected chi connectivity index (χ0v) is 9.79. The highest BCUT2D eigenvalue weighted by molar-refractivity contribution is 6.18. The quantitative estimate of drug-likeness (QED) is 0.609. The standard InChI is InChI=1S/C14H17NO/c1-3-11(4-2)10-13(14(15)16)12-8-6-5-7-9-12/h5-9H,3-4H2,1-2H3,(H2,15,16). The van der Waals surface area contributed by atoms with Crippen molar-refractivity contribution in [3.8, 4) is 0 Å². The summed E-state index contributed by atoms with van der Waals surface area (Å²) in [5, 5.41) is 0. The van der Waals surface area contributed by atoms with Gasteiger partial charge in [0.2, 0.25) is 0 Å². The highest BCUT2D eigenvalue weighted by Crippen LogP contribution is 2.14. The minimum atomic E-state index is -0.425. The Balaban J connectivity index is 3.31. The summed E-state index contributed by atoms with van der Waals surface area (Å²) in [7, 11) is 0. The van der Waals surface area contributed by atoms with E-state index >= 15 is 0 Å². The van der Waals surface area contributed by atoms with Crippen LogP contribution in [0.4, 0.5) is 0 Å². The van der Waals surface area contributed by atoms with E-state index in [4.69, 9.17) is 5.73 Å². The Kier molecular flexibility index (Phi) is 4.56. The van der Waals surface area contributed by atoms with Gasteiger partial charge in [-0.1, -0.05) is 44.2 Å². The minimum absolute atomic E-state index is 0.425. The summed E-state index contributed by atoms with van der Waals surface area (Å²) in [6.45, 7) is 4.10. The van der Waals surface area contributed by atoms with Crippen LogP contribution in [0.1, 0.15) is 32.3 Å². The van der Waals surface area contributed by atoms with Crippen molar-refractivity contribution in [2.75, 3.05) is 0 Å². The molecule has 0 aromatic heterocycles. The van der Waals surface area contributed by atoms with E-state index in [2.05, 4.69) is 19.6 Å². The van der Waals surface area contributed by atoms with Crippen LogP contribution in [0.5, 0.6) is 0 Å². The van der Waals surface area contributed by atoms with Crippen LogP contribution in [0.25, 0.3) is 5.57 Å². The van der Waals surface area contributed by atoms with Gasteiger partial charge in [-0.25, -0.2) is 0 Å². The molecule has 2 heteroatoms. The molecule has 0 saturated carbocycles. The molecule has 2 nitrogen and oxygen atoms in total. The number of carbonyl (C=O) groups excluding carboxylic acids is 1. The molecule has 0 aliphatic rings. The largest absolute Gasteiger partial charge is 0.365 e. The Hall–Kier alpha value is -1.79. The lowest BCUT2D eigenvalue weighted by Crippen LogP contribution is -2.12. The summed E-state index contributed by atoms with van der Waals surface area (Å²) in [5.74, 6) is -0.425. The summed E-state index contributed by atoms with van der Waals surface area (Å²) in [6, 6.07) is 9.42. The van der Waals surface area contributed by atoms with Crippen LogP contribution in [0, 0.1) is 0 Å². The van der Waals surface area contributed by atoms with Crippen molar-refractivity contribution in [2.45, 2.75) is 26.7 Å². The summed E-state index contributed by atoms with van der Waals surface area (Å²) < 4.78 is 0. The number of rotatable bonds is 4.